The van der Waals surface area contributed by atoms with E-state index in [2.05, 4.69) is 15.9 Å². The Morgan fingerprint density at radius 3 is 2.65 bits per heavy atom. The van der Waals surface area contributed by atoms with Crippen molar-refractivity contribution in [3.05, 3.63) is 21.6 Å². The lowest BCUT2D eigenvalue weighted by Crippen LogP contribution is -2.44. The van der Waals surface area contributed by atoms with E-state index >= 15 is 0 Å². The van der Waals surface area contributed by atoms with Gasteiger partial charge in [0.15, 0.2) is 0 Å². The van der Waals surface area contributed by atoms with Gasteiger partial charge in [-0.05, 0) is 36.7 Å². The lowest BCUT2D eigenvalue weighted by molar-refractivity contribution is -0.0125. The van der Waals surface area contributed by atoms with Gasteiger partial charge in [-0.2, -0.15) is 0 Å². The Morgan fingerprint density at radius 1 is 1.41 bits per heavy atom. The Labute approximate surface area is 109 Å². The van der Waals surface area contributed by atoms with Crippen LogP contribution in [-0.2, 0) is 4.74 Å². The molecule has 2 heterocycles. The first-order valence-electron chi connectivity index (χ1n) is 5.67. The number of carbonyl (C=O) groups is 1. The maximum atomic E-state index is 12.4. The second-order valence-electron chi connectivity index (χ2n) is 4.34. The fourth-order valence-corrected chi connectivity index (χ4v) is 2.59. The summed E-state index contributed by atoms with van der Waals surface area (Å²) in [5, 5.41) is 0. The van der Waals surface area contributed by atoms with Crippen molar-refractivity contribution in [2.24, 2.45) is 0 Å². The highest BCUT2D eigenvalue weighted by Crippen LogP contribution is 2.28. The van der Waals surface area contributed by atoms with Gasteiger partial charge in [0.25, 0.3) is 5.91 Å². The molecule has 1 aliphatic rings. The first kappa shape index (κ1) is 12.6. The Hall–Kier alpha value is -0.810. The monoisotopic (exact) mass is 301 g/mol. The highest BCUT2D eigenvalue weighted by atomic mass is 79.9. The molecular formula is C12H16BrNO3. The van der Waals surface area contributed by atoms with Crippen LogP contribution in [0.3, 0.4) is 0 Å². The van der Waals surface area contributed by atoms with E-state index in [9.17, 15) is 4.79 Å². The van der Waals surface area contributed by atoms with Crippen LogP contribution in [0.1, 0.15) is 28.8 Å². The van der Waals surface area contributed by atoms with Gasteiger partial charge in [0.1, 0.15) is 11.5 Å². The lowest BCUT2D eigenvalue weighted by atomic mass is 10.2. The van der Waals surface area contributed by atoms with Gasteiger partial charge in [-0.1, -0.05) is 0 Å². The van der Waals surface area contributed by atoms with Gasteiger partial charge in [-0.15, -0.1) is 0 Å². The smallest absolute Gasteiger partial charge is 0.258 e. The second kappa shape index (κ2) is 4.82. The average molecular weight is 302 g/mol. The average Bonchev–Trinajstić information content (AvgIpc) is 2.52. The largest absolute Gasteiger partial charge is 0.465 e. The number of hydrogen-bond acceptors (Lipinski definition) is 3. The summed E-state index contributed by atoms with van der Waals surface area (Å²) in [7, 11) is 0. The minimum absolute atomic E-state index is 0.0152. The molecule has 0 bridgehead atoms. The predicted octanol–water partition coefficient (Wildman–Crippen LogP) is 2.52. The molecule has 0 N–H and O–H groups in total. The molecule has 94 valence electrons. The number of halogens is 1. The normalized spacial score (nSPS) is 20.7. The molecule has 1 aliphatic heterocycles. The van der Waals surface area contributed by atoms with Crippen LogP contribution in [0.25, 0.3) is 0 Å². The summed E-state index contributed by atoms with van der Waals surface area (Å²) in [6, 6.07) is 0. The van der Waals surface area contributed by atoms with Crippen molar-refractivity contribution in [2.75, 3.05) is 19.7 Å². The summed E-state index contributed by atoms with van der Waals surface area (Å²) < 4.78 is 11.7. The topological polar surface area (TPSA) is 42.7 Å². The number of ether oxygens (including phenoxy) is 1. The first-order chi connectivity index (χ1) is 8.00. The van der Waals surface area contributed by atoms with E-state index in [-0.39, 0.29) is 12.0 Å². The van der Waals surface area contributed by atoms with Crippen molar-refractivity contribution in [3.8, 4) is 0 Å². The third kappa shape index (κ3) is 2.40. The summed E-state index contributed by atoms with van der Waals surface area (Å²) in [5.41, 5.74) is 0.636. The summed E-state index contributed by atoms with van der Waals surface area (Å²) in [4.78, 5) is 14.2. The van der Waals surface area contributed by atoms with E-state index < -0.39 is 0 Å². The second-order valence-corrected chi connectivity index (χ2v) is 5.13. The van der Waals surface area contributed by atoms with E-state index in [1.807, 2.05) is 25.7 Å². The zero-order valence-electron chi connectivity index (χ0n) is 10.2. The molecule has 1 amide bonds. The van der Waals surface area contributed by atoms with Crippen LogP contribution >= 0.6 is 15.9 Å². The third-order valence-corrected chi connectivity index (χ3v) is 3.88. The molecule has 1 atom stereocenters. The van der Waals surface area contributed by atoms with Crippen LogP contribution in [0, 0.1) is 13.8 Å². The van der Waals surface area contributed by atoms with Crippen LogP contribution in [0.5, 0.6) is 0 Å². The minimum Gasteiger partial charge on any atom is -0.465 e. The minimum atomic E-state index is 0.0152. The van der Waals surface area contributed by atoms with Crippen LogP contribution in [0.15, 0.2) is 8.89 Å². The highest BCUT2D eigenvalue weighted by molar-refractivity contribution is 9.10. The molecule has 0 aliphatic carbocycles. The van der Waals surface area contributed by atoms with E-state index in [4.69, 9.17) is 9.15 Å². The van der Waals surface area contributed by atoms with Gasteiger partial charge >= 0.3 is 0 Å². The molecule has 0 aromatic carbocycles. The molecule has 0 spiro atoms. The van der Waals surface area contributed by atoms with Crippen LogP contribution < -0.4 is 0 Å². The molecule has 2 rings (SSSR count). The molecule has 17 heavy (non-hydrogen) atoms. The van der Waals surface area contributed by atoms with Crippen molar-refractivity contribution in [1.82, 2.24) is 4.90 Å². The maximum Gasteiger partial charge on any atom is 0.258 e. The zero-order valence-corrected chi connectivity index (χ0v) is 11.8. The standard InChI is InChI=1S/C12H16BrNO3/c1-7-6-14(4-5-16-7)12(15)10-8(2)17-9(3)11(10)13/h7H,4-6H2,1-3H3. The van der Waals surface area contributed by atoms with Crippen molar-refractivity contribution >= 4 is 21.8 Å². The fraction of sp³-hybridized carbons (Fsp3) is 0.583. The number of furan rings is 1. The van der Waals surface area contributed by atoms with E-state index in [0.29, 0.717) is 31.0 Å². The summed E-state index contributed by atoms with van der Waals surface area (Å²) in [6.07, 6.45) is 0.0970. The van der Waals surface area contributed by atoms with E-state index in [0.717, 1.165) is 10.2 Å². The molecule has 1 fully saturated rings. The predicted molar refractivity (Wildman–Crippen MR) is 67.2 cm³/mol. The van der Waals surface area contributed by atoms with Crippen molar-refractivity contribution in [1.29, 1.82) is 0 Å². The third-order valence-electron chi connectivity index (χ3n) is 2.93. The number of rotatable bonds is 1. The van der Waals surface area contributed by atoms with Crippen molar-refractivity contribution in [2.45, 2.75) is 26.9 Å². The number of nitrogens with zero attached hydrogens (tertiary/aromatic N) is 1. The molecule has 0 radical (unpaired) electrons. The molecule has 0 saturated carbocycles. The molecule has 4 nitrogen and oxygen atoms in total. The molecule has 1 unspecified atom stereocenters. The van der Waals surface area contributed by atoms with E-state index in [1.165, 1.54) is 0 Å². The number of carbonyl (C=O) groups excluding carboxylic acids is 1. The number of hydrogen-bond donors (Lipinski definition) is 0. The van der Waals surface area contributed by atoms with Gasteiger partial charge in [0.05, 0.1) is 22.7 Å². The number of amides is 1. The molecule has 1 aromatic heterocycles. The maximum absolute atomic E-state index is 12.4. The molecule has 1 saturated heterocycles. The quantitative estimate of drug-likeness (QED) is 0.800. The van der Waals surface area contributed by atoms with E-state index in [1.54, 1.807) is 0 Å². The van der Waals surface area contributed by atoms with Crippen molar-refractivity contribution < 1.29 is 13.9 Å². The van der Waals surface area contributed by atoms with Crippen molar-refractivity contribution in [3.63, 3.8) is 0 Å². The van der Waals surface area contributed by atoms with Gasteiger partial charge in [0, 0.05) is 13.1 Å². The highest BCUT2D eigenvalue weighted by Gasteiger charge is 2.27. The summed E-state index contributed by atoms with van der Waals surface area (Å²) >= 11 is 3.41. The SMILES string of the molecule is Cc1oc(C)c(C(=O)N2CCOC(C)C2)c1Br. The number of aryl methyl sites for hydroxylation is 2. The van der Waals surface area contributed by atoms with Crippen LogP contribution in [0.2, 0.25) is 0 Å². The summed E-state index contributed by atoms with van der Waals surface area (Å²) in [5.74, 6) is 1.42. The Balaban J connectivity index is 2.24. The Kier molecular flexibility index (Phi) is 3.58. The van der Waals surface area contributed by atoms with Gasteiger partial charge < -0.3 is 14.1 Å². The zero-order chi connectivity index (χ0) is 12.6. The number of morpholine rings is 1. The van der Waals surface area contributed by atoms with Crippen LogP contribution in [-0.4, -0.2) is 36.6 Å². The Morgan fingerprint density at radius 2 is 2.12 bits per heavy atom. The van der Waals surface area contributed by atoms with Gasteiger partial charge in [-0.25, -0.2) is 0 Å². The Bertz CT molecular complexity index is 441. The molecular weight excluding hydrogens is 286 g/mol. The van der Waals surface area contributed by atoms with Gasteiger partial charge in [0.2, 0.25) is 0 Å². The fourth-order valence-electron chi connectivity index (χ4n) is 2.06. The molecule has 1 aromatic rings. The summed E-state index contributed by atoms with van der Waals surface area (Å²) in [6.45, 7) is 7.50. The lowest BCUT2D eigenvalue weighted by Gasteiger charge is -2.31. The van der Waals surface area contributed by atoms with Crippen LogP contribution in [0.4, 0.5) is 0 Å². The first-order valence-corrected chi connectivity index (χ1v) is 6.46. The molecule has 5 heteroatoms. The van der Waals surface area contributed by atoms with Gasteiger partial charge in [-0.3, -0.25) is 4.79 Å².